The Labute approximate surface area is 251 Å². The van der Waals surface area contributed by atoms with Crippen molar-refractivity contribution in [2.45, 2.75) is 50.9 Å². The molecule has 0 atom stereocenters. The first-order valence-corrected chi connectivity index (χ1v) is 14.3. The molecule has 12 heteroatoms. The Morgan fingerprint density at radius 2 is 1.77 bits per heavy atom. The van der Waals surface area contributed by atoms with Crippen molar-refractivity contribution in [3.63, 3.8) is 0 Å². The maximum Gasteiger partial charge on any atom is 0.416 e. The Morgan fingerprint density at radius 1 is 0.977 bits per heavy atom. The molecule has 5 aromatic rings. The summed E-state index contributed by atoms with van der Waals surface area (Å²) in [5.41, 5.74) is 8.55. The molecule has 2 heterocycles. The van der Waals surface area contributed by atoms with E-state index in [-0.39, 0.29) is 17.6 Å². The van der Waals surface area contributed by atoms with E-state index in [2.05, 4.69) is 25.6 Å². The fraction of sp³-hybridized carbons (Fsp3) is 0.250. The second-order valence-corrected chi connectivity index (χ2v) is 11.0. The van der Waals surface area contributed by atoms with Gasteiger partial charge in [0.2, 0.25) is 5.95 Å². The average molecular weight is 601 g/mol. The number of aryl methyl sites for hydroxylation is 1. The molecule has 1 amide bonds. The summed E-state index contributed by atoms with van der Waals surface area (Å²) in [6, 6.07) is 19.5. The molecule has 0 radical (unpaired) electrons. The third-order valence-corrected chi connectivity index (χ3v) is 7.75. The topological polar surface area (TPSA) is 125 Å². The van der Waals surface area contributed by atoms with Gasteiger partial charge in [0.1, 0.15) is 18.0 Å². The summed E-state index contributed by atoms with van der Waals surface area (Å²) in [5, 5.41) is 6.25. The van der Waals surface area contributed by atoms with Crippen molar-refractivity contribution in [3.8, 4) is 0 Å². The summed E-state index contributed by atoms with van der Waals surface area (Å²) in [5.74, 6) is 1.01. The van der Waals surface area contributed by atoms with Crippen molar-refractivity contribution >= 4 is 45.9 Å². The predicted octanol–water partition coefficient (Wildman–Crippen LogP) is 7.08. The van der Waals surface area contributed by atoms with Crippen LogP contribution in [0.5, 0.6) is 0 Å². The molecule has 3 aromatic carbocycles. The maximum atomic E-state index is 13.3. The number of halogens is 3. The summed E-state index contributed by atoms with van der Waals surface area (Å²) in [7, 11) is 0. The van der Waals surface area contributed by atoms with E-state index in [1.807, 2.05) is 48.2 Å². The molecule has 1 aliphatic rings. The molecule has 44 heavy (non-hydrogen) atoms. The molecular weight excluding hydrogens is 569 g/mol. The van der Waals surface area contributed by atoms with Crippen LogP contribution in [-0.2, 0) is 6.18 Å². The molecule has 226 valence electrons. The average Bonchev–Trinajstić information content (AvgIpc) is 3.44. The van der Waals surface area contributed by atoms with Crippen molar-refractivity contribution in [1.82, 2.24) is 19.9 Å². The molecule has 2 aromatic heterocycles. The highest BCUT2D eigenvalue weighted by Gasteiger charge is 2.31. The largest absolute Gasteiger partial charge is 0.416 e. The monoisotopic (exact) mass is 600 g/mol. The van der Waals surface area contributed by atoms with Crippen molar-refractivity contribution in [2.24, 2.45) is 5.73 Å². The Morgan fingerprint density at radius 3 is 2.55 bits per heavy atom. The van der Waals surface area contributed by atoms with E-state index < -0.39 is 17.6 Å². The predicted molar refractivity (Wildman–Crippen MR) is 164 cm³/mol. The second kappa shape index (κ2) is 12.0. The van der Waals surface area contributed by atoms with Crippen LogP contribution in [0.4, 0.5) is 42.1 Å². The van der Waals surface area contributed by atoms with E-state index >= 15 is 0 Å². The van der Waals surface area contributed by atoms with Gasteiger partial charge in [-0.3, -0.25) is 9.69 Å². The van der Waals surface area contributed by atoms with Gasteiger partial charge in [0, 0.05) is 29.4 Å². The molecule has 5 N–H and O–H groups in total. The number of nitrogens with one attached hydrogen (secondary N) is 3. The van der Waals surface area contributed by atoms with Crippen LogP contribution in [0.1, 0.15) is 47.2 Å². The molecule has 9 nitrogen and oxygen atoms in total. The maximum absolute atomic E-state index is 13.3. The third kappa shape index (κ3) is 6.35. The molecule has 1 saturated carbocycles. The van der Waals surface area contributed by atoms with Crippen molar-refractivity contribution in [1.29, 1.82) is 0 Å². The molecule has 0 bridgehead atoms. The van der Waals surface area contributed by atoms with Gasteiger partial charge in [-0.15, -0.1) is 0 Å². The van der Waals surface area contributed by atoms with Gasteiger partial charge in [0.15, 0.2) is 0 Å². The van der Waals surface area contributed by atoms with Crippen molar-refractivity contribution in [2.75, 3.05) is 15.5 Å². The van der Waals surface area contributed by atoms with E-state index in [1.165, 1.54) is 18.5 Å². The number of alkyl halides is 3. The first-order valence-electron chi connectivity index (χ1n) is 14.3. The Hall–Kier alpha value is -4.97. The van der Waals surface area contributed by atoms with Crippen LogP contribution in [0.3, 0.4) is 0 Å². The number of imidazole rings is 1. The van der Waals surface area contributed by atoms with Crippen LogP contribution in [0.25, 0.3) is 11.0 Å². The lowest BCUT2D eigenvalue weighted by molar-refractivity contribution is -0.137. The van der Waals surface area contributed by atoms with Crippen LogP contribution < -0.4 is 21.3 Å². The number of nitrogens with two attached hydrogens (primary N) is 1. The number of fused-ring (bicyclic) bond motifs is 1. The Bertz CT molecular complexity index is 1760. The smallest absolute Gasteiger partial charge is 0.367 e. The fourth-order valence-corrected chi connectivity index (χ4v) is 5.38. The summed E-state index contributed by atoms with van der Waals surface area (Å²) in [6.45, 7) is 1.91. The standard InChI is InChI=1S/C32H31F3N8O/c1-19-9-12-24(40-30(44)20-5-4-6-21(15-20)32(33,34)35)16-27(19)43(31-41-25-7-2-3-8-26(25)42-31)29-17-28(37-18-38-29)39-23-13-10-22(36)11-14-23/h2-9,12,15-18,22-23H,10-11,13-14,36H2,1H3,(H,40,44)(H,41,42)(H,37,38,39). The molecule has 0 spiro atoms. The van der Waals surface area contributed by atoms with Crippen molar-refractivity contribution < 1.29 is 18.0 Å². The molecule has 0 saturated heterocycles. The van der Waals surface area contributed by atoms with E-state index in [4.69, 9.17) is 10.7 Å². The first-order chi connectivity index (χ1) is 21.1. The fourth-order valence-electron chi connectivity index (χ4n) is 5.38. The molecule has 1 fully saturated rings. The van der Waals surface area contributed by atoms with Gasteiger partial charge in [-0.2, -0.15) is 13.2 Å². The number of H-pyrrole nitrogens is 1. The minimum atomic E-state index is -4.56. The Kier molecular flexibility index (Phi) is 7.92. The molecule has 6 rings (SSSR count). The van der Waals surface area contributed by atoms with E-state index in [9.17, 15) is 18.0 Å². The lowest BCUT2D eigenvalue weighted by Gasteiger charge is -2.28. The van der Waals surface area contributed by atoms with Gasteiger partial charge >= 0.3 is 6.18 Å². The molecule has 1 aliphatic carbocycles. The highest BCUT2D eigenvalue weighted by Crippen LogP contribution is 2.37. The number of para-hydroxylation sites is 2. The lowest BCUT2D eigenvalue weighted by Crippen LogP contribution is -2.33. The zero-order chi connectivity index (χ0) is 30.8. The minimum Gasteiger partial charge on any atom is -0.367 e. The van der Waals surface area contributed by atoms with Gasteiger partial charge in [-0.1, -0.05) is 24.3 Å². The van der Waals surface area contributed by atoms with Crippen LogP contribution in [0.2, 0.25) is 0 Å². The van der Waals surface area contributed by atoms with E-state index in [0.717, 1.165) is 54.4 Å². The number of amides is 1. The lowest BCUT2D eigenvalue weighted by atomic mass is 9.92. The summed E-state index contributed by atoms with van der Waals surface area (Å²) < 4.78 is 39.8. The van der Waals surface area contributed by atoms with Crippen LogP contribution in [0.15, 0.2) is 79.1 Å². The van der Waals surface area contributed by atoms with Crippen LogP contribution >= 0.6 is 0 Å². The number of nitrogens with zero attached hydrogens (tertiary/aromatic N) is 4. The second-order valence-electron chi connectivity index (χ2n) is 11.0. The quantitative estimate of drug-likeness (QED) is 0.157. The number of benzene rings is 3. The zero-order valence-electron chi connectivity index (χ0n) is 23.9. The van der Waals surface area contributed by atoms with E-state index in [1.54, 1.807) is 12.1 Å². The highest BCUT2D eigenvalue weighted by molar-refractivity contribution is 6.04. The molecule has 0 unspecified atom stereocenters. The molecular formula is C32H31F3N8O. The Balaban J connectivity index is 1.36. The van der Waals surface area contributed by atoms with Crippen LogP contribution in [0, 0.1) is 6.92 Å². The zero-order valence-corrected chi connectivity index (χ0v) is 23.9. The SMILES string of the molecule is Cc1ccc(NC(=O)c2cccc(C(F)(F)F)c2)cc1N(c1cc(NC2CCC(N)CC2)ncn1)c1nc2ccccc2[nH]1. The highest BCUT2D eigenvalue weighted by atomic mass is 19.4. The number of rotatable bonds is 7. The number of carbonyl (C=O) groups is 1. The van der Waals surface area contributed by atoms with Gasteiger partial charge in [0.05, 0.1) is 22.3 Å². The summed E-state index contributed by atoms with van der Waals surface area (Å²) in [6.07, 6.45) is 0.699. The number of hydrogen-bond acceptors (Lipinski definition) is 7. The number of hydrogen-bond donors (Lipinski definition) is 4. The number of aromatic amines is 1. The molecule has 0 aliphatic heterocycles. The third-order valence-electron chi connectivity index (χ3n) is 7.75. The number of anilines is 5. The van der Waals surface area contributed by atoms with Gasteiger partial charge < -0.3 is 21.4 Å². The van der Waals surface area contributed by atoms with E-state index in [0.29, 0.717) is 29.0 Å². The van der Waals surface area contributed by atoms with Gasteiger partial charge in [-0.05, 0) is 80.6 Å². The minimum absolute atomic E-state index is 0.105. The summed E-state index contributed by atoms with van der Waals surface area (Å²) in [4.78, 5) is 32.1. The van der Waals surface area contributed by atoms with Crippen molar-refractivity contribution in [3.05, 3.63) is 95.8 Å². The number of aromatic nitrogens is 4. The van der Waals surface area contributed by atoms with Crippen LogP contribution in [-0.4, -0.2) is 37.9 Å². The van der Waals surface area contributed by atoms with Gasteiger partial charge in [-0.25, -0.2) is 15.0 Å². The summed E-state index contributed by atoms with van der Waals surface area (Å²) >= 11 is 0. The van der Waals surface area contributed by atoms with Gasteiger partial charge in [0.25, 0.3) is 5.91 Å². The first kappa shape index (κ1) is 29.1. The number of carbonyl (C=O) groups excluding carboxylic acids is 1. The normalized spacial score (nSPS) is 16.9.